The van der Waals surface area contributed by atoms with Crippen LogP contribution in [-0.2, 0) is 16.0 Å². The molecule has 0 aliphatic heterocycles. The lowest BCUT2D eigenvalue weighted by molar-refractivity contribution is -0.123. The summed E-state index contributed by atoms with van der Waals surface area (Å²) in [6.07, 6.45) is 5.98. The van der Waals surface area contributed by atoms with Gasteiger partial charge in [0, 0.05) is 48.8 Å². The number of ether oxygens (including phenoxy) is 1. The molecule has 0 saturated heterocycles. The monoisotopic (exact) mass is 693 g/mol. The molecule has 0 unspecified atom stereocenters. The lowest BCUT2D eigenvalue weighted by Gasteiger charge is -2.14. The number of aryl methyl sites for hydroxylation is 1. The van der Waals surface area contributed by atoms with Crippen LogP contribution in [0, 0.1) is 28.4 Å². The first kappa shape index (κ1) is 38.1. The van der Waals surface area contributed by atoms with Gasteiger partial charge in [0.2, 0.25) is 11.7 Å². The molecular weight excluding hydrogens is 656 g/mol. The summed E-state index contributed by atoms with van der Waals surface area (Å²) in [5.74, 6) is -3.16. The average Bonchev–Trinajstić information content (AvgIpc) is 3.54. The Kier molecular flexibility index (Phi) is 14.4. The van der Waals surface area contributed by atoms with E-state index in [9.17, 15) is 18.4 Å². The van der Waals surface area contributed by atoms with Crippen LogP contribution >= 0.6 is 0 Å². The summed E-state index contributed by atoms with van der Waals surface area (Å²) in [6, 6.07) is 8.78. The highest BCUT2D eigenvalue weighted by atomic mass is 19.2. The van der Waals surface area contributed by atoms with Crippen LogP contribution in [-0.4, -0.2) is 76.0 Å². The summed E-state index contributed by atoms with van der Waals surface area (Å²) in [7, 11) is 0. The molecule has 4 aromatic rings. The molecule has 264 valence electrons. The summed E-state index contributed by atoms with van der Waals surface area (Å²) < 4.78 is 36.1. The van der Waals surface area contributed by atoms with Crippen molar-refractivity contribution in [2.45, 2.75) is 32.2 Å². The van der Waals surface area contributed by atoms with Crippen LogP contribution in [0.15, 0.2) is 48.9 Å². The maximum absolute atomic E-state index is 15.0. The minimum Gasteiger partial charge on any atom is -0.483 e. The number of benzene rings is 2. The molecule has 4 rings (SSSR count). The lowest BCUT2D eigenvalue weighted by atomic mass is 10.0. The van der Waals surface area contributed by atoms with E-state index in [2.05, 4.69) is 31.2 Å². The van der Waals surface area contributed by atoms with Gasteiger partial charge in [0.15, 0.2) is 35.6 Å². The van der Waals surface area contributed by atoms with Crippen LogP contribution in [0.5, 0.6) is 5.75 Å². The Morgan fingerprint density at radius 3 is 2.58 bits per heavy atom. The summed E-state index contributed by atoms with van der Waals surface area (Å²) in [5, 5.41) is 34.0. The van der Waals surface area contributed by atoms with E-state index in [1.54, 1.807) is 34.9 Å². The number of aromatic nitrogens is 3. The molecule has 2 amide bonds. The van der Waals surface area contributed by atoms with E-state index in [4.69, 9.17) is 36.8 Å². The standard InChI is InChI=1S/C31H35F2N11O3.CH2O2/c1-2-18-16-19(5-6-20(18)29(45)39-11-12-40-30(46)22(35)4-3-10-41-31(36)37)43-27-28-42-17-23(44(28)14-13-38-27)21-7-8-24(47-15-9-34)26(33)25(21)32;2-1-3/h5-8,13-14,16-17,22H,2-4,10-12,15,35H2,1H3,(H,38,43)(H,39,45)(H,40,46)(H4,36,37,41);1H,(H,2,3)/t22-;/m1./s1. The fourth-order valence-electron chi connectivity index (χ4n) is 4.74. The molecule has 2 heterocycles. The zero-order valence-electron chi connectivity index (χ0n) is 27.0. The van der Waals surface area contributed by atoms with E-state index in [0.29, 0.717) is 48.5 Å². The Labute approximate surface area is 285 Å². The van der Waals surface area contributed by atoms with Crippen molar-refractivity contribution < 1.29 is 33.0 Å². The third kappa shape index (κ3) is 10.1. The number of fused-ring (bicyclic) bond motifs is 1. The number of nitriles is 1. The highest BCUT2D eigenvalue weighted by Crippen LogP contribution is 2.32. The number of nitrogens with zero attached hydrogens (tertiary/aromatic N) is 4. The summed E-state index contributed by atoms with van der Waals surface area (Å²) >= 11 is 0. The first-order valence-electron chi connectivity index (χ1n) is 15.2. The Morgan fingerprint density at radius 1 is 1.14 bits per heavy atom. The van der Waals surface area contributed by atoms with E-state index in [1.165, 1.54) is 24.5 Å². The van der Waals surface area contributed by atoms with Gasteiger partial charge in [-0.05, 0) is 55.2 Å². The number of guanidine groups is 1. The molecule has 0 aliphatic rings. The lowest BCUT2D eigenvalue weighted by Crippen LogP contribution is -2.44. The highest BCUT2D eigenvalue weighted by molar-refractivity contribution is 5.96. The quantitative estimate of drug-likeness (QED) is 0.0385. The second-order valence-corrected chi connectivity index (χ2v) is 10.4. The molecule has 1 atom stereocenters. The number of anilines is 2. The molecule has 0 radical (unpaired) electrons. The van der Waals surface area contributed by atoms with Crippen LogP contribution in [0.1, 0.15) is 35.7 Å². The van der Waals surface area contributed by atoms with Crippen LogP contribution in [0.2, 0.25) is 0 Å². The van der Waals surface area contributed by atoms with Crippen LogP contribution in [0.25, 0.3) is 16.9 Å². The SMILES string of the molecule is CCc1cc(Nc2nccn3c(-c4ccc(OCC#N)c(F)c4F)cnc23)ccc1C(=O)NCCNC(=O)[C@H](N)CCCNC(=N)N.O=CO. The number of hydrogen-bond acceptors (Lipinski definition) is 10. The maximum atomic E-state index is 15.0. The molecular formula is C32H37F2N11O5. The second-order valence-electron chi connectivity index (χ2n) is 10.4. The number of hydrogen-bond donors (Lipinski definition) is 8. The predicted molar refractivity (Wildman–Crippen MR) is 180 cm³/mol. The van der Waals surface area contributed by atoms with Crippen molar-refractivity contribution in [1.29, 1.82) is 10.7 Å². The van der Waals surface area contributed by atoms with Crippen molar-refractivity contribution in [2.24, 2.45) is 11.5 Å². The minimum absolute atomic E-state index is 0.0544. The maximum Gasteiger partial charge on any atom is 0.290 e. The molecule has 0 spiro atoms. The molecule has 0 bridgehead atoms. The first-order valence-corrected chi connectivity index (χ1v) is 15.2. The van der Waals surface area contributed by atoms with Crippen molar-refractivity contribution in [1.82, 2.24) is 30.3 Å². The first-order chi connectivity index (χ1) is 24.1. The second kappa shape index (κ2) is 18.8. The fraction of sp³-hybridized carbons (Fsp3) is 0.281. The van der Waals surface area contributed by atoms with Gasteiger partial charge >= 0.3 is 0 Å². The van der Waals surface area contributed by atoms with E-state index in [0.717, 1.165) is 5.56 Å². The summed E-state index contributed by atoms with van der Waals surface area (Å²) in [4.78, 5) is 42.2. The average molecular weight is 694 g/mol. The van der Waals surface area contributed by atoms with Gasteiger partial charge in [-0.2, -0.15) is 9.65 Å². The molecule has 50 heavy (non-hydrogen) atoms. The number of amides is 2. The van der Waals surface area contributed by atoms with E-state index in [-0.39, 0.29) is 54.3 Å². The van der Waals surface area contributed by atoms with Gasteiger partial charge in [0.25, 0.3) is 12.4 Å². The van der Waals surface area contributed by atoms with Crippen molar-refractivity contribution in [2.75, 3.05) is 31.6 Å². The molecule has 0 aliphatic carbocycles. The predicted octanol–water partition coefficient (Wildman–Crippen LogP) is 2.02. The number of imidazole rings is 1. The van der Waals surface area contributed by atoms with Crippen molar-refractivity contribution in [3.05, 3.63) is 71.7 Å². The topological polar surface area (TPSA) is 259 Å². The zero-order chi connectivity index (χ0) is 36.6. The van der Waals surface area contributed by atoms with E-state index < -0.39 is 24.3 Å². The molecule has 2 aromatic heterocycles. The van der Waals surface area contributed by atoms with Crippen LogP contribution < -0.4 is 37.5 Å². The Balaban J connectivity index is 0.00000217. The number of rotatable bonds is 15. The summed E-state index contributed by atoms with van der Waals surface area (Å²) in [5.41, 5.74) is 13.5. The fourth-order valence-corrected chi connectivity index (χ4v) is 4.74. The largest absolute Gasteiger partial charge is 0.483 e. The Hall–Kier alpha value is -6.35. The highest BCUT2D eigenvalue weighted by Gasteiger charge is 2.20. The van der Waals surface area contributed by atoms with Gasteiger partial charge in [-0.15, -0.1) is 0 Å². The molecule has 10 N–H and O–H groups in total. The third-order valence-electron chi connectivity index (χ3n) is 7.09. The third-order valence-corrected chi connectivity index (χ3v) is 7.09. The van der Waals surface area contributed by atoms with Gasteiger partial charge in [-0.1, -0.05) is 6.92 Å². The Morgan fingerprint density at radius 2 is 1.88 bits per heavy atom. The zero-order valence-corrected chi connectivity index (χ0v) is 27.0. The van der Waals surface area contributed by atoms with Gasteiger partial charge in [0.05, 0.1) is 17.9 Å². The Bertz CT molecular complexity index is 1860. The molecule has 16 nitrogen and oxygen atoms in total. The number of halogens is 2. The summed E-state index contributed by atoms with van der Waals surface area (Å²) in [6.45, 7) is 2.08. The molecule has 0 fully saturated rings. The number of nitrogens with two attached hydrogens (primary N) is 2. The molecule has 18 heteroatoms. The molecule has 0 saturated carbocycles. The number of carbonyl (C=O) groups is 3. The number of carbonyl (C=O) groups excluding carboxylic acids is 2. The van der Waals surface area contributed by atoms with Crippen molar-refractivity contribution >= 4 is 41.4 Å². The number of nitrogens with one attached hydrogen (secondary N) is 5. The van der Waals surface area contributed by atoms with Gasteiger partial charge in [0.1, 0.15) is 6.07 Å². The van der Waals surface area contributed by atoms with Gasteiger partial charge in [-0.3, -0.25) is 24.2 Å². The van der Waals surface area contributed by atoms with Gasteiger partial charge in [-0.25, -0.2) is 14.4 Å². The normalized spacial score (nSPS) is 10.9. The van der Waals surface area contributed by atoms with E-state index in [1.807, 2.05) is 6.92 Å². The minimum atomic E-state index is -1.21. The van der Waals surface area contributed by atoms with Crippen LogP contribution in [0.4, 0.5) is 20.3 Å². The number of carboxylic acid groups (broad SMARTS) is 1. The van der Waals surface area contributed by atoms with Crippen molar-refractivity contribution in [3.63, 3.8) is 0 Å². The van der Waals surface area contributed by atoms with E-state index >= 15 is 0 Å². The smallest absolute Gasteiger partial charge is 0.290 e. The van der Waals surface area contributed by atoms with Gasteiger partial charge < -0.3 is 42.6 Å². The van der Waals surface area contributed by atoms with Crippen molar-refractivity contribution in [3.8, 4) is 23.1 Å². The molecule has 2 aromatic carbocycles. The van der Waals surface area contributed by atoms with Crippen LogP contribution in [0.3, 0.4) is 0 Å².